The minimum Gasteiger partial charge on any atom is -0.382 e. The van der Waals surface area contributed by atoms with Crippen molar-refractivity contribution in [3.8, 4) is 0 Å². The zero-order chi connectivity index (χ0) is 12.9. The molecule has 0 aliphatic carbocycles. The zero-order valence-corrected chi connectivity index (χ0v) is 8.78. The lowest BCUT2D eigenvalue weighted by molar-refractivity contribution is -0.173. The molecule has 0 fully saturated rings. The van der Waals surface area contributed by atoms with E-state index in [1.54, 1.807) is 0 Å². The van der Waals surface area contributed by atoms with Crippen molar-refractivity contribution in [3.63, 3.8) is 0 Å². The van der Waals surface area contributed by atoms with Crippen molar-refractivity contribution >= 4 is 0 Å². The number of aliphatic hydroxyl groups excluding tert-OH is 1. The summed E-state index contributed by atoms with van der Waals surface area (Å²) >= 11 is 0. The van der Waals surface area contributed by atoms with E-state index >= 15 is 0 Å². The average Bonchev–Trinajstić information content (AvgIpc) is 2.70. The van der Waals surface area contributed by atoms with Gasteiger partial charge in [0.25, 0.3) is 5.89 Å². The number of nitrogens with two attached hydrogens (primary N) is 1. The van der Waals surface area contributed by atoms with Crippen LogP contribution in [-0.4, -0.2) is 41.2 Å². The maximum absolute atomic E-state index is 11.7. The second kappa shape index (κ2) is 5.94. The highest BCUT2D eigenvalue weighted by Gasteiger charge is 2.27. The van der Waals surface area contributed by atoms with Crippen LogP contribution in [0.25, 0.3) is 0 Å². The van der Waals surface area contributed by atoms with Gasteiger partial charge in [-0.2, -0.15) is 18.2 Å². The van der Waals surface area contributed by atoms with Gasteiger partial charge in [0, 0.05) is 13.0 Å². The van der Waals surface area contributed by atoms with E-state index in [0.29, 0.717) is 0 Å². The fraction of sp³-hybridized carbons (Fsp3) is 0.750. The van der Waals surface area contributed by atoms with Crippen molar-refractivity contribution in [2.24, 2.45) is 5.73 Å². The van der Waals surface area contributed by atoms with Crippen molar-refractivity contribution in [1.29, 1.82) is 0 Å². The van der Waals surface area contributed by atoms with Crippen LogP contribution in [0, 0.1) is 0 Å². The van der Waals surface area contributed by atoms with E-state index in [9.17, 15) is 18.3 Å². The summed E-state index contributed by atoms with van der Waals surface area (Å²) < 4.78 is 44.2. The second-order valence-corrected chi connectivity index (χ2v) is 3.22. The van der Waals surface area contributed by atoms with Gasteiger partial charge in [0.05, 0.1) is 6.61 Å². The summed E-state index contributed by atoms with van der Waals surface area (Å²) in [6.07, 6.45) is -5.35. The lowest BCUT2D eigenvalue weighted by Gasteiger charge is -2.05. The molecule has 0 spiro atoms. The van der Waals surface area contributed by atoms with Gasteiger partial charge in [-0.25, -0.2) is 0 Å². The van der Waals surface area contributed by atoms with Crippen LogP contribution in [0.15, 0.2) is 4.52 Å². The first-order chi connectivity index (χ1) is 7.92. The fourth-order valence-corrected chi connectivity index (χ4v) is 0.957. The van der Waals surface area contributed by atoms with E-state index in [1.165, 1.54) is 0 Å². The Morgan fingerprint density at radius 3 is 2.76 bits per heavy atom. The Labute approximate surface area is 94.6 Å². The Kier molecular flexibility index (Phi) is 4.85. The Morgan fingerprint density at radius 1 is 1.47 bits per heavy atom. The Hall–Kier alpha value is -1.19. The largest absolute Gasteiger partial charge is 0.411 e. The number of aliphatic hydroxyl groups is 1. The summed E-state index contributed by atoms with van der Waals surface area (Å²) in [4.78, 5) is 3.75. The van der Waals surface area contributed by atoms with Gasteiger partial charge >= 0.3 is 6.18 Å². The molecule has 1 aromatic rings. The summed E-state index contributed by atoms with van der Waals surface area (Å²) in [7, 11) is 0. The van der Waals surface area contributed by atoms with Gasteiger partial charge in [-0.15, -0.1) is 0 Å². The van der Waals surface area contributed by atoms with Crippen LogP contribution in [-0.2, 0) is 11.2 Å². The number of nitrogens with zero attached hydrogens (tertiary/aromatic N) is 2. The first-order valence-electron chi connectivity index (χ1n) is 4.77. The predicted molar refractivity (Wildman–Crippen MR) is 48.9 cm³/mol. The highest BCUT2D eigenvalue weighted by Crippen LogP contribution is 2.14. The van der Waals surface area contributed by atoms with E-state index in [2.05, 4.69) is 19.4 Å². The van der Waals surface area contributed by atoms with Crippen molar-refractivity contribution in [2.75, 3.05) is 19.8 Å². The van der Waals surface area contributed by atoms with Gasteiger partial charge in [-0.1, -0.05) is 5.16 Å². The topological polar surface area (TPSA) is 94.4 Å². The molecule has 0 bridgehead atoms. The van der Waals surface area contributed by atoms with Crippen molar-refractivity contribution < 1.29 is 27.5 Å². The number of hydrogen-bond donors (Lipinski definition) is 2. The summed E-state index contributed by atoms with van der Waals surface area (Å²) in [6.45, 7) is -1.58. The molecule has 3 N–H and O–H groups in total. The van der Waals surface area contributed by atoms with E-state index in [1.807, 2.05) is 0 Å². The van der Waals surface area contributed by atoms with Gasteiger partial charge in [0.1, 0.15) is 12.7 Å². The minimum absolute atomic E-state index is 0.0571. The average molecular weight is 255 g/mol. The Balaban J connectivity index is 2.30. The van der Waals surface area contributed by atoms with Gasteiger partial charge < -0.3 is 20.1 Å². The normalized spacial score (nSPS) is 13.9. The first kappa shape index (κ1) is 13.9. The maximum atomic E-state index is 11.7. The highest BCUT2D eigenvalue weighted by atomic mass is 19.4. The number of alkyl halides is 3. The number of hydrogen-bond acceptors (Lipinski definition) is 6. The summed E-state index contributed by atoms with van der Waals surface area (Å²) in [6, 6.07) is 0. The zero-order valence-electron chi connectivity index (χ0n) is 8.78. The molecule has 0 amide bonds. The third-order valence-corrected chi connectivity index (χ3v) is 1.73. The molecular formula is C8H12F3N3O3. The molecule has 9 heteroatoms. The monoisotopic (exact) mass is 255 g/mol. The van der Waals surface area contributed by atoms with Crippen LogP contribution >= 0.6 is 0 Å². The lowest BCUT2D eigenvalue weighted by Crippen LogP contribution is -2.18. The van der Waals surface area contributed by atoms with E-state index in [4.69, 9.17) is 5.73 Å². The number of aromatic nitrogens is 2. The first-order valence-corrected chi connectivity index (χ1v) is 4.77. The predicted octanol–water partition coefficient (Wildman–Crippen LogP) is 0.183. The second-order valence-electron chi connectivity index (χ2n) is 3.22. The molecule has 17 heavy (non-hydrogen) atoms. The van der Waals surface area contributed by atoms with Crippen LogP contribution in [0.2, 0.25) is 0 Å². The Bertz CT molecular complexity index is 342. The van der Waals surface area contributed by atoms with E-state index in [0.717, 1.165) is 0 Å². The van der Waals surface area contributed by atoms with E-state index in [-0.39, 0.29) is 31.3 Å². The molecule has 1 atom stereocenters. The van der Waals surface area contributed by atoms with Gasteiger partial charge in [0.15, 0.2) is 5.82 Å². The molecule has 0 aromatic carbocycles. The fourth-order valence-electron chi connectivity index (χ4n) is 0.957. The molecule has 1 unspecified atom stereocenters. The lowest BCUT2D eigenvalue weighted by atomic mass is 10.3. The van der Waals surface area contributed by atoms with Crippen LogP contribution in [0.4, 0.5) is 13.2 Å². The molecule has 0 saturated heterocycles. The quantitative estimate of drug-likeness (QED) is 0.704. The molecule has 1 heterocycles. The van der Waals surface area contributed by atoms with Gasteiger partial charge in [-0.05, 0) is 0 Å². The third-order valence-electron chi connectivity index (χ3n) is 1.73. The number of rotatable bonds is 6. The van der Waals surface area contributed by atoms with Gasteiger partial charge in [0.2, 0.25) is 0 Å². The highest BCUT2D eigenvalue weighted by molar-refractivity contribution is 4.90. The standard InChI is InChI=1S/C8H12F3N3O3/c9-8(10,11)4-16-2-1-6-13-7(17-14-6)5(15)3-12/h5,15H,1-4,12H2. The van der Waals surface area contributed by atoms with Crippen LogP contribution in [0.5, 0.6) is 0 Å². The molecule has 1 aromatic heterocycles. The van der Waals surface area contributed by atoms with Crippen molar-refractivity contribution in [3.05, 3.63) is 11.7 Å². The molecule has 6 nitrogen and oxygen atoms in total. The van der Waals surface area contributed by atoms with Crippen LogP contribution < -0.4 is 5.73 Å². The maximum Gasteiger partial charge on any atom is 0.411 e. The third kappa shape index (κ3) is 5.11. The number of ether oxygens (including phenoxy) is 1. The molecule has 0 aliphatic rings. The van der Waals surface area contributed by atoms with Crippen molar-refractivity contribution in [1.82, 2.24) is 10.1 Å². The molecule has 0 saturated carbocycles. The van der Waals surface area contributed by atoms with E-state index < -0.39 is 18.9 Å². The molecular weight excluding hydrogens is 243 g/mol. The molecule has 98 valence electrons. The smallest absolute Gasteiger partial charge is 0.382 e. The van der Waals surface area contributed by atoms with Gasteiger partial charge in [-0.3, -0.25) is 0 Å². The summed E-state index contributed by atoms with van der Waals surface area (Å²) in [5, 5.41) is 12.7. The molecule has 1 rings (SSSR count). The van der Waals surface area contributed by atoms with Crippen LogP contribution in [0.1, 0.15) is 17.8 Å². The van der Waals surface area contributed by atoms with Crippen molar-refractivity contribution in [2.45, 2.75) is 18.7 Å². The van der Waals surface area contributed by atoms with Crippen LogP contribution in [0.3, 0.4) is 0 Å². The summed E-state index contributed by atoms with van der Waals surface area (Å²) in [5.74, 6) is 0.105. The molecule has 0 radical (unpaired) electrons. The Morgan fingerprint density at radius 2 is 2.18 bits per heavy atom. The number of halogens is 3. The molecule has 0 aliphatic heterocycles. The summed E-state index contributed by atoms with van der Waals surface area (Å²) in [5.41, 5.74) is 5.16. The minimum atomic E-state index is -4.35. The SMILES string of the molecule is NCC(O)c1nc(CCOCC(F)(F)F)no1.